The first-order valence-corrected chi connectivity index (χ1v) is 5.78. The van der Waals surface area contributed by atoms with Crippen LogP contribution < -0.4 is 0 Å². The minimum Gasteiger partial charge on any atom is -0.423 e. The molecule has 0 radical (unpaired) electrons. The third-order valence-corrected chi connectivity index (χ3v) is 2.34. The van der Waals surface area contributed by atoms with E-state index < -0.39 is 0 Å². The van der Waals surface area contributed by atoms with Crippen LogP contribution in [0.25, 0.3) is 0 Å². The average molecular weight is 236 g/mol. The Labute approximate surface area is 99.2 Å². The van der Waals surface area contributed by atoms with Crippen molar-refractivity contribution < 1.29 is 4.42 Å². The Hall–Kier alpha value is -1.79. The number of aryl methyl sites for hydroxylation is 1. The zero-order chi connectivity index (χ0) is 12.3. The quantitative estimate of drug-likeness (QED) is 0.775. The van der Waals surface area contributed by atoms with Crippen molar-refractivity contribution in [2.75, 3.05) is 0 Å². The maximum absolute atomic E-state index is 5.51. The molecule has 0 saturated heterocycles. The lowest BCUT2D eigenvalue weighted by Crippen LogP contribution is -2.07. The molecule has 0 amide bonds. The SMILES string of the molecule is CCCc1nnnn1Cc1nnc(C(C)C)o1. The van der Waals surface area contributed by atoms with Gasteiger partial charge in [-0.05, 0) is 16.8 Å². The smallest absolute Gasteiger partial charge is 0.238 e. The van der Waals surface area contributed by atoms with Crippen molar-refractivity contribution in [3.05, 3.63) is 17.6 Å². The second-order valence-corrected chi connectivity index (χ2v) is 4.19. The molecule has 2 heterocycles. The van der Waals surface area contributed by atoms with Crippen LogP contribution in [-0.2, 0) is 13.0 Å². The molecule has 92 valence electrons. The largest absolute Gasteiger partial charge is 0.423 e. The fraction of sp³-hybridized carbons (Fsp3) is 0.700. The van der Waals surface area contributed by atoms with Crippen LogP contribution in [0.1, 0.15) is 50.7 Å². The van der Waals surface area contributed by atoms with E-state index in [1.807, 2.05) is 13.8 Å². The van der Waals surface area contributed by atoms with E-state index in [2.05, 4.69) is 32.6 Å². The van der Waals surface area contributed by atoms with Gasteiger partial charge in [0.15, 0.2) is 5.82 Å². The van der Waals surface area contributed by atoms with E-state index in [1.54, 1.807) is 4.68 Å². The highest BCUT2D eigenvalue weighted by molar-refractivity contribution is 4.89. The number of tetrazole rings is 1. The Morgan fingerprint density at radius 2 is 2.06 bits per heavy atom. The van der Waals surface area contributed by atoms with Crippen molar-refractivity contribution in [2.24, 2.45) is 0 Å². The summed E-state index contributed by atoms with van der Waals surface area (Å²) in [6.07, 6.45) is 1.85. The summed E-state index contributed by atoms with van der Waals surface area (Å²) >= 11 is 0. The van der Waals surface area contributed by atoms with E-state index in [-0.39, 0.29) is 5.92 Å². The first-order chi connectivity index (χ1) is 8.20. The number of hydrogen-bond acceptors (Lipinski definition) is 6. The van der Waals surface area contributed by atoms with Gasteiger partial charge in [0.25, 0.3) is 0 Å². The highest BCUT2D eigenvalue weighted by Gasteiger charge is 2.12. The van der Waals surface area contributed by atoms with Crippen LogP contribution in [-0.4, -0.2) is 30.4 Å². The first-order valence-electron chi connectivity index (χ1n) is 5.78. The summed E-state index contributed by atoms with van der Waals surface area (Å²) in [6.45, 7) is 6.54. The molecule has 0 saturated carbocycles. The maximum atomic E-state index is 5.51. The van der Waals surface area contributed by atoms with E-state index in [0.717, 1.165) is 18.7 Å². The van der Waals surface area contributed by atoms with Crippen molar-refractivity contribution in [3.8, 4) is 0 Å². The summed E-state index contributed by atoms with van der Waals surface area (Å²) in [4.78, 5) is 0. The van der Waals surface area contributed by atoms with Gasteiger partial charge in [-0.3, -0.25) is 0 Å². The van der Waals surface area contributed by atoms with Crippen LogP contribution in [0.5, 0.6) is 0 Å². The number of nitrogens with zero attached hydrogens (tertiary/aromatic N) is 6. The van der Waals surface area contributed by atoms with Gasteiger partial charge in [-0.2, -0.15) is 0 Å². The minimum absolute atomic E-state index is 0.236. The predicted molar refractivity (Wildman–Crippen MR) is 59.3 cm³/mol. The lowest BCUT2D eigenvalue weighted by atomic mass is 10.2. The van der Waals surface area contributed by atoms with Crippen LogP contribution in [0.4, 0.5) is 0 Å². The lowest BCUT2D eigenvalue weighted by Gasteiger charge is -1.99. The lowest BCUT2D eigenvalue weighted by molar-refractivity contribution is 0.410. The molecule has 0 aliphatic heterocycles. The van der Waals surface area contributed by atoms with Gasteiger partial charge in [0, 0.05) is 12.3 Å². The highest BCUT2D eigenvalue weighted by atomic mass is 16.4. The third-order valence-electron chi connectivity index (χ3n) is 2.34. The molecule has 7 heteroatoms. The van der Waals surface area contributed by atoms with Crippen molar-refractivity contribution >= 4 is 0 Å². The Morgan fingerprint density at radius 3 is 2.71 bits per heavy atom. The fourth-order valence-corrected chi connectivity index (χ4v) is 1.44. The number of aromatic nitrogens is 6. The Kier molecular flexibility index (Phi) is 3.46. The molecule has 0 spiro atoms. The van der Waals surface area contributed by atoms with E-state index in [9.17, 15) is 0 Å². The second kappa shape index (κ2) is 5.03. The molecule has 17 heavy (non-hydrogen) atoms. The van der Waals surface area contributed by atoms with E-state index in [4.69, 9.17) is 4.42 Å². The van der Waals surface area contributed by atoms with Gasteiger partial charge in [-0.1, -0.05) is 20.8 Å². The summed E-state index contributed by atoms with van der Waals surface area (Å²) in [5, 5.41) is 19.5. The molecule has 0 bridgehead atoms. The van der Waals surface area contributed by atoms with Gasteiger partial charge in [-0.15, -0.1) is 15.3 Å². The molecule has 0 N–H and O–H groups in total. The molecule has 0 unspecified atom stereocenters. The van der Waals surface area contributed by atoms with Crippen molar-refractivity contribution in [2.45, 2.75) is 46.1 Å². The second-order valence-electron chi connectivity index (χ2n) is 4.19. The van der Waals surface area contributed by atoms with Gasteiger partial charge in [0.05, 0.1) is 0 Å². The molecule has 0 aliphatic rings. The third kappa shape index (κ3) is 2.66. The monoisotopic (exact) mass is 236 g/mol. The molecule has 0 aliphatic carbocycles. The zero-order valence-corrected chi connectivity index (χ0v) is 10.3. The summed E-state index contributed by atoms with van der Waals surface area (Å²) in [6, 6.07) is 0. The average Bonchev–Trinajstić information content (AvgIpc) is 2.90. The van der Waals surface area contributed by atoms with Gasteiger partial charge >= 0.3 is 0 Å². The fourth-order valence-electron chi connectivity index (χ4n) is 1.44. The van der Waals surface area contributed by atoms with Gasteiger partial charge in [-0.25, -0.2) is 4.68 Å². The molecule has 2 rings (SSSR count). The standard InChI is InChI=1S/C10H16N6O/c1-4-5-8-11-14-15-16(8)6-9-12-13-10(17-9)7(2)3/h7H,4-6H2,1-3H3. The summed E-state index contributed by atoms with van der Waals surface area (Å²) in [5.41, 5.74) is 0. The molecule has 0 fully saturated rings. The zero-order valence-electron chi connectivity index (χ0n) is 10.3. The molecule has 0 aromatic carbocycles. The van der Waals surface area contributed by atoms with Gasteiger partial charge < -0.3 is 4.42 Å². The molecule has 2 aromatic rings. The molecule has 2 aromatic heterocycles. The number of rotatable bonds is 5. The Balaban J connectivity index is 2.11. The van der Waals surface area contributed by atoms with Crippen molar-refractivity contribution in [1.82, 2.24) is 30.4 Å². The van der Waals surface area contributed by atoms with E-state index in [0.29, 0.717) is 18.3 Å². The topological polar surface area (TPSA) is 82.5 Å². The molecule has 7 nitrogen and oxygen atoms in total. The van der Waals surface area contributed by atoms with Crippen LogP contribution >= 0.6 is 0 Å². The van der Waals surface area contributed by atoms with E-state index in [1.165, 1.54) is 0 Å². The Bertz CT molecular complexity index is 475. The van der Waals surface area contributed by atoms with Crippen molar-refractivity contribution in [3.63, 3.8) is 0 Å². The van der Waals surface area contributed by atoms with Crippen LogP contribution in [0.3, 0.4) is 0 Å². The van der Waals surface area contributed by atoms with Gasteiger partial charge in [0.2, 0.25) is 11.8 Å². The van der Waals surface area contributed by atoms with Crippen LogP contribution in [0, 0.1) is 0 Å². The van der Waals surface area contributed by atoms with Crippen LogP contribution in [0.15, 0.2) is 4.42 Å². The van der Waals surface area contributed by atoms with Crippen molar-refractivity contribution in [1.29, 1.82) is 0 Å². The normalized spacial score (nSPS) is 11.3. The molecular formula is C10H16N6O. The molecular weight excluding hydrogens is 220 g/mol. The van der Waals surface area contributed by atoms with E-state index >= 15 is 0 Å². The summed E-state index contributed by atoms with van der Waals surface area (Å²) < 4.78 is 7.21. The predicted octanol–water partition coefficient (Wildman–Crippen LogP) is 1.18. The maximum Gasteiger partial charge on any atom is 0.238 e. The Morgan fingerprint density at radius 1 is 1.24 bits per heavy atom. The number of hydrogen-bond donors (Lipinski definition) is 0. The summed E-state index contributed by atoms with van der Waals surface area (Å²) in [5.74, 6) is 2.26. The van der Waals surface area contributed by atoms with Gasteiger partial charge in [0.1, 0.15) is 6.54 Å². The van der Waals surface area contributed by atoms with Crippen LogP contribution in [0.2, 0.25) is 0 Å². The summed E-state index contributed by atoms with van der Waals surface area (Å²) in [7, 11) is 0. The first kappa shape index (κ1) is 11.7. The highest BCUT2D eigenvalue weighted by Crippen LogP contribution is 2.12. The molecule has 0 atom stereocenters. The minimum atomic E-state index is 0.236.